The SMILES string of the molecule is CCC(C)Cc1nnc(CCl)s1. The average molecular weight is 205 g/mol. The lowest BCUT2D eigenvalue weighted by Crippen LogP contribution is -1.96. The first kappa shape index (κ1) is 9.93. The highest BCUT2D eigenvalue weighted by molar-refractivity contribution is 7.11. The van der Waals surface area contributed by atoms with E-state index in [0.29, 0.717) is 11.8 Å². The van der Waals surface area contributed by atoms with Gasteiger partial charge in [-0.05, 0) is 5.92 Å². The van der Waals surface area contributed by atoms with E-state index in [1.807, 2.05) is 0 Å². The van der Waals surface area contributed by atoms with E-state index in [-0.39, 0.29) is 0 Å². The van der Waals surface area contributed by atoms with Crippen molar-refractivity contribution >= 4 is 22.9 Å². The number of hydrogen-bond donors (Lipinski definition) is 0. The Morgan fingerprint density at radius 2 is 2.08 bits per heavy atom. The van der Waals surface area contributed by atoms with Gasteiger partial charge in [0.25, 0.3) is 0 Å². The number of hydrogen-bond acceptors (Lipinski definition) is 3. The van der Waals surface area contributed by atoms with Gasteiger partial charge in [-0.1, -0.05) is 20.3 Å². The van der Waals surface area contributed by atoms with Crippen molar-refractivity contribution in [3.8, 4) is 0 Å². The molecular weight excluding hydrogens is 192 g/mol. The Morgan fingerprint density at radius 1 is 1.42 bits per heavy atom. The van der Waals surface area contributed by atoms with E-state index in [2.05, 4.69) is 24.0 Å². The van der Waals surface area contributed by atoms with Crippen LogP contribution in [-0.2, 0) is 12.3 Å². The topological polar surface area (TPSA) is 25.8 Å². The third kappa shape index (κ3) is 2.72. The van der Waals surface area contributed by atoms with Crippen molar-refractivity contribution in [1.29, 1.82) is 0 Å². The van der Waals surface area contributed by atoms with Crippen molar-refractivity contribution in [2.24, 2.45) is 5.92 Å². The molecule has 1 heterocycles. The van der Waals surface area contributed by atoms with Gasteiger partial charge in [0, 0.05) is 6.42 Å². The molecule has 0 bridgehead atoms. The van der Waals surface area contributed by atoms with Crippen LogP contribution in [0.2, 0.25) is 0 Å². The maximum Gasteiger partial charge on any atom is 0.132 e. The van der Waals surface area contributed by atoms with Crippen molar-refractivity contribution in [2.45, 2.75) is 32.6 Å². The molecule has 68 valence electrons. The first-order valence-corrected chi connectivity index (χ1v) is 5.48. The fourth-order valence-corrected chi connectivity index (χ4v) is 1.94. The first-order chi connectivity index (χ1) is 5.76. The first-order valence-electron chi connectivity index (χ1n) is 4.13. The molecule has 4 heteroatoms. The molecule has 1 unspecified atom stereocenters. The molecule has 1 rings (SSSR count). The quantitative estimate of drug-likeness (QED) is 0.705. The molecule has 0 saturated carbocycles. The molecule has 0 fully saturated rings. The highest BCUT2D eigenvalue weighted by atomic mass is 35.5. The van der Waals surface area contributed by atoms with Crippen molar-refractivity contribution in [2.75, 3.05) is 0 Å². The van der Waals surface area contributed by atoms with Crippen molar-refractivity contribution in [1.82, 2.24) is 10.2 Å². The van der Waals surface area contributed by atoms with Crippen LogP contribution in [0.15, 0.2) is 0 Å². The molecule has 0 aliphatic carbocycles. The monoisotopic (exact) mass is 204 g/mol. The average Bonchev–Trinajstić information content (AvgIpc) is 2.52. The summed E-state index contributed by atoms with van der Waals surface area (Å²) < 4.78 is 0. The van der Waals surface area contributed by atoms with Crippen molar-refractivity contribution in [3.05, 3.63) is 10.0 Å². The molecule has 0 aromatic carbocycles. The molecule has 0 aliphatic heterocycles. The summed E-state index contributed by atoms with van der Waals surface area (Å²) in [4.78, 5) is 0. The number of nitrogens with zero attached hydrogens (tertiary/aromatic N) is 2. The van der Waals surface area contributed by atoms with E-state index < -0.39 is 0 Å². The maximum absolute atomic E-state index is 5.62. The zero-order valence-corrected chi connectivity index (χ0v) is 8.95. The number of rotatable bonds is 4. The second-order valence-electron chi connectivity index (χ2n) is 2.94. The summed E-state index contributed by atoms with van der Waals surface area (Å²) >= 11 is 7.24. The molecule has 0 N–H and O–H groups in total. The van der Waals surface area contributed by atoms with E-state index in [4.69, 9.17) is 11.6 Å². The summed E-state index contributed by atoms with van der Waals surface area (Å²) in [7, 11) is 0. The molecule has 1 aromatic rings. The van der Waals surface area contributed by atoms with Crippen LogP contribution in [0.4, 0.5) is 0 Å². The Labute approximate surface area is 82.0 Å². The number of aromatic nitrogens is 2. The normalized spacial score (nSPS) is 13.2. The Balaban J connectivity index is 2.52. The van der Waals surface area contributed by atoms with Gasteiger partial charge in [0.15, 0.2) is 0 Å². The lowest BCUT2D eigenvalue weighted by Gasteiger charge is -2.02. The lowest BCUT2D eigenvalue weighted by atomic mass is 10.1. The standard InChI is InChI=1S/C8H13ClN2S/c1-3-6(2)4-7-10-11-8(5-9)12-7/h6H,3-5H2,1-2H3. The molecule has 0 radical (unpaired) electrons. The van der Waals surface area contributed by atoms with Gasteiger partial charge in [-0.25, -0.2) is 0 Å². The van der Waals surface area contributed by atoms with Crippen LogP contribution in [0.5, 0.6) is 0 Å². The van der Waals surface area contributed by atoms with E-state index in [9.17, 15) is 0 Å². The molecule has 1 aromatic heterocycles. The van der Waals surface area contributed by atoms with Gasteiger partial charge in [0.1, 0.15) is 10.0 Å². The fraction of sp³-hybridized carbons (Fsp3) is 0.750. The summed E-state index contributed by atoms with van der Waals surface area (Å²) in [6.07, 6.45) is 2.22. The molecule has 2 nitrogen and oxygen atoms in total. The van der Waals surface area contributed by atoms with E-state index in [1.54, 1.807) is 11.3 Å². The van der Waals surface area contributed by atoms with Gasteiger partial charge < -0.3 is 0 Å². The van der Waals surface area contributed by atoms with Gasteiger partial charge in [-0.3, -0.25) is 0 Å². The highest BCUT2D eigenvalue weighted by Gasteiger charge is 2.06. The molecule has 0 saturated heterocycles. The minimum absolute atomic E-state index is 0.484. The molecular formula is C8H13ClN2S. The molecule has 1 atom stereocenters. The van der Waals surface area contributed by atoms with Gasteiger partial charge in [0.05, 0.1) is 5.88 Å². The molecule has 0 spiro atoms. The van der Waals surface area contributed by atoms with Gasteiger partial charge in [-0.15, -0.1) is 33.1 Å². The van der Waals surface area contributed by atoms with Crippen LogP contribution in [-0.4, -0.2) is 10.2 Å². The largest absolute Gasteiger partial charge is 0.144 e. The lowest BCUT2D eigenvalue weighted by molar-refractivity contribution is 0.556. The summed E-state index contributed by atoms with van der Waals surface area (Å²) in [6.45, 7) is 4.41. The van der Waals surface area contributed by atoms with Crippen LogP contribution in [0, 0.1) is 5.92 Å². The highest BCUT2D eigenvalue weighted by Crippen LogP contribution is 2.16. The zero-order valence-electron chi connectivity index (χ0n) is 7.38. The van der Waals surface area contributed by atoms with Crippen LogP contribution >= 0.6 is 22.9 Å². The Hall–Kier alpha value is -0.150. The number of halogens is 1. The van der Waals surface area contributed by atoms with E-state index in [1.165, 1.54) is 6.42 Å². The molecule has 12 heavy (non-hydrogen) atoms. The summed E-state index contributed by atoms with van der Waals surface area (Å²) in [5.41, 5.74) is 0. The minimum Gasteiger partial charge on any atom is -0.144 e. The molecule has 0 amide bonds. The zero-order chi connectivity index (χ0) is 8.97. The van der Waals surface area contributed by atoms with Crippen molar-refractivity contribution < 1.29 is 0 Å². The summed E-state index contributed by atoms with van der Waals surface area (Å²) in [6, 6.07) is 0. The Bertz CT molecular complexity index is 237. The molecule has 0 aliphatic rings. The van der Waals surface area contributed by atoms with Crippen LogP contribution in [0.1, 0.15) is 30.3 Å². The fourth-order valence-electron chi connectivity index (χ4n) is 0.867. The second kappa shape index (κ2) is 4.77. The van der Waals surface area contributed by atoms with Crippen LogP contribution in [0.25, 0.3) is 0 Å². The Morgan fingerprint density at radius 3 is 2.58 bits per heavy atom. The summed E-state index contributed by atoms with van der Waals surface area (Å²) in [5.74, 6) is 1.18. The summed E-state index contributed by atoms with van der Waals surface area (Å²) in [5, 5.41) is 10.1. The Kier molecular flexibility index (Phi) is 3.95. The third-order valence-corrected chi connectivity index (χ3v) is 3.20. The van der Waals surface area contributed by atoms with Crippen LogP contribution in [0.3, 0.4) is 0 Å². The maximum atomic E-state index is 5.62. The predicted molar refractivity (Wildman–Crippen MR) is 52.6 cm³/mol. The smallest absolute Gasteiger partial charge is 0.132 e. The minimum atomic E-state index is 0.484. The van der Waals surface area contributed by atoms with Crippen LogP contribution < -0.4 is 0 Å². The van der Waals surface area contributed by atoms with Gasteiger partial charge in [-0.2, -0.15) is 0 Å². The van der Waals surface area contributed by atoms with E-state index in [0.717, 1.165) is 16.4 Å². The third-order valence-electron chi connectivity index (χ3n) is 1.84. The van der Waals surface area contributed by atoms with E-state index >= 15 is 0 Å². The van der Waals surface area contributed by atoms with Gasteiger partial charge in [0.2, 0.25) is 0 Å². The van der Waals surface area contributed by atoms with Gasteiger partial charge >= 0.3 is 0 Å². The predicted octanol–water partition coefficient (Wildman–Crippen LogP) is 2.87. The number of alkyl halides is 1. The second-order valence-corrected chi connectivity index (χ2v) is 4.35. The van der Waals surface area contributed by atoms with Crippen molar-refractivity contribution in [3.63, 3.8) is 0 Å².